The first kappa shape index (κ1) is 14.6. The van der Waals surface area contributed by atoms with Crippen molar-refractivity contribution in [2.45, 2.75) is 6.54 Å². The first-order valence-corrected chi connectivity index (χ1v) is 7.38. The van der Waals surface area contributed by atoms with Crippen LogP contribution >= 0.6 is 45.8 Å². The van der Waals surface area contributed by atoms with Gasteiger partial charge in [-0.15, -0.1) is 0 Å². The van der Waals surface area contributed by atoms with Crippen molar-refractivity contribution in [3.05, 3.63) is 67.2 Å². The normalized spacial score (nSPS) is 10.3. The lowest BCUT2D eigenvalue weighted by Crippen LogP contribution is -2.23. The van der Waals surface area contributed by atoms with E-state index >= 15 is 0 Å². The number of hydrogen-bond donors (Lipinski definition) is 1. The molecule has 2 rings (SSSR count). The van der Waals surface area contributed by atoms with Gasteiger partial charge in [-0.1, -0.05) is 41.4 Å². The van der Waals surface area contributed by atoms with Gasteiger partial charge < -0.3 is 5.32 Å². The maximum absolute atomic E-state index is 12.1. The Morgan fingerprint density at radius 2 is 1.89 bits per heavy atom. The number of benzene rings is 2. The summed E-state index contributed by atoms with van der Waals surface area (Å²) in [5, 5.41) is 4.11. The highest BCUT2D eigenvalue weighted by Gasteiger charge is 2.10. The molecule has 2 nitrogen and oxygen atoms in total. The molecule has 0 aliphatic carbocycles. The van der Waals surface area contributed by atoms with Gasteiger partial charge in [-0.05, 0) is 52.4 Å². The van der Waals surface area contributed by atoms with Gasteiger partial charge in [0.05, 0.1) is 5.56 Å². The first-order chi connectivity index (χ1) is 9.08. The molecule has 5 heteroatoms. The minimum absolute atomic E-state index is 0.138. The maximum atomic E-state index is 12.1. The quantitative estimate of drug-likeness (QED) is 0.747. The Balaban J connectivity index is 2.08. The van der Waals surface area contributed by atoms with Crippen molar-refractivity contribution in [3.63, 3.8) is 0 Å². The third-order valence-corrected chi connectivity index (χ3v) is 4.07. The summed E-state index contributed by atoms with van der Waals surface area (Å²) < 4.78 is 0.821. The number of nitrogens with one attached hydrogen (secondary N) is 1. The number of amides is 1. The summed E-state index contributed by atoms with van der Waals surface area (Å²) >= 11 is 14.0. The highest BCUT2D eigenvalue weighted by Crippen LogP contribution is 2.19. The van der Waals surface area contributed by atoms with Crippen LogP contribution in [0.2, 0.25) is 10.0 Å². The fraction of sp³-hybridized carbons (Fsp3) is 0.0714. The average Bonchev–Trinajstić information content (AvgIpc) is 2.37. The molecule has 0 atom stereocenters. The van der Waals surface area contributed by atoms with Crippen LogP contribution in [-0.2, 0) is 6.54 Å². The third-order valence-electron chi connectivity index (χ3n) is 2.57. The van der Waals surface area contributed by atoms with Gasteiger partial charge >= 0.3 is 0 Å². The molecule has 0 spiro atoms. The molecule has 0 saturated carbocycles. The van der Waals surface area contributed by atoms with Crippen LogP contribution in [0.5, 0.6) is 0 Å². The van der Waals surface area contributed by atoms with E-state index in [2.05, 4.69) is 27.9 Å². The zero-order chi connectivity index (χ0) is 13.8. The Bertz CT molecular complexity index is 616. The van der Waals surface area contributed by atoms with Gasteiger partial charge in [0, 0.05) is 20.2 Å². The summed E-state index contributed by atoms with van der Waals surface area (Å²) in [5.41, 5.74) is 1.50. The van der Waals surface area contributed by atoms with Gasteiger partial charge in [0.15, 0.2) is 0 Å². The van der Waals surface area contributed by atoms with Crippen molar-refractivity contribution < 1.29 is 4.79 Å². The molecule has 0 aliphatic heterocycles. The second-order valence-corrected chi connectivity index (χ2v) is 5.90. The molecule has 0 aromatic heterocycles. The molecule has 1 amide bonds. The number of hydrogen-bond acceptors (Lipinski definition) is 1. The topological polar surface area (TPSA) is 29.1 Å². The van der Waals surface area contributed by atoms with Gasteiger partial charge in [-0.25, -0.2) is 0 Å². The van der Waals surface area contributed by atoms with Gasteiger partial charge in [0.2, 0.25) is 0 Å². The van der Waals surface area contributed by atoms with Crippen molar-refractivity contribution in [1.82, 2.24) is 5.32 Å². The summed E-state index contributed by atoms with van der Waals surface area (Å²) in [6.45, 7) is 0.400. The van der Waals surface area contributed by atoms with Crippen LogP contribution in [-0.4, -0.2) is 5.91 Å². The Hall–Kier alpha value is -0.780. The predicted octanol–water partition coefficient (Wildman–Crippen LogP) is 4.53. The van der Waals surface area contributed by atoms with Crippen LogP contribution in [0.3, 0.4) is 0 Å². The summed E-state index contributed by atoms with van der Waals surface area (Å²) in [4.78, 5) is 12.1. The zero-order valence-electron chi connectivity index (χ0n) is 9.79. The zero-order valence-corrected chi connectivity index (χ0v) is 13.5. The van der Waals surface area contributed by atoms with E-state index in [4.69, 9.17) is 23.2 Å². The molecule has 0 aliphatic rings. The monoisotopic (exact) mass is 405 g/mol. The van der Waals surface area contributed by atoms with Crippen LogP contribution < -0.4 is 5.32 Å². The molecule has 0 fully saturated rings. The van der Waals surface area contributed by atoms with Crippen molar-refractivity contribution >= 4 is 51.7 Å². The molecular formula is C14H10Cl2INO. The maximum Gasteiger partial charge on any atom is 0.252 e. The fourth-order valence-electron chi connectivity index (χ4n) is 1.59. The number of rotatable bonds is 3. The lowest BCUT2D eigenvalue weighted by molar-refractivity contribution is 0.0950. The molecule has 0 heterocycles. The Morgan fingerprint density at radius 1 is 1.16 bits per heavy atom. The van der Waals surface area contributed by atoms with E-state index in [9.17, 15) is 4.79 Å². The predicted molar refractivity (Wildman–Crippen MR) is 86.8 cm³/mol. The van der Waals surface area contributed by atoms with E-state index < -0.39 is 0 Å². The molecule has 2 aromatic carbocycles. The van der Waals surface area contributed by atoms with Crippen molar-refractivity contribution in [3.8, 4) is 0 Å². The lowest BCUT2D eigenvalue weighted by atomic mass is 10.2. The van der Waals surface area contributed by atoms with E-state index in [-0.39, 0.29) is 5.91 Å². The van der Waals surface area contributed by atoms with E-state index in [1.807, 2.05) is 18.2 Å². The van der Waals surface area contributed by atoms with Crippen molar-refractivity contribution in [2.75, 3.05) is 0 Å². The van der Waals surface area contributed by atoms with Crippen LogP contribution in [0.4, 0.5) is 0 Å². The second-order valence-electron chi connectivity index (χ2n) is 3.90. The molecule has 0 unspecified atom stereocenters. The molecule has 0 radical (unpaired) electrons. The van der Waals surface area contributed by atoms with Gasteiger partial charge in [0.1, 0.15) is 0 Å². The average molecular weight is 406 g/mol. The SMILES string of the molecule is O=C(NCc1ccccc1Cl)c1ccc(Cl)cc1I. The Kier molecular flexibility index (Phi) is 5.07. The number of carbonyl (C=O) groups excluding carboxylic acids is 1. The molecular weight excluding hydrogens is 396 g/mol. The van der Waals surface area contributed by atoms with E-state index in [1.165, 1.54) is 0 Å². The molecule has 98 valence electrons. The van der Waals surface area contributed by atoms with Gasteiger partial charge in [0.25, 0.3) is 5.91 Å². The largest absolute Gasteiger partial charge is 0.348 e. The summed E-state index contributed by atoms with van der Waals surface area (Å²) in [5.74, 6) is -0.138. The van der Waals surface area contributed by atoms with E-state index in [0.717, 1.165) is 9.13 Å². The van der Waals surface area contributed by atoms with Crippen molar-refractivity contribution in [1.29, 1.82) is 0 Å². The highest BCUT2D eigenvalue weighted by atomic mass is 127. The standard InChI is InChI=1S/C14H10Cl2INO/c15-10-5-6-11(13(17)7-10)14(19)18-8-9-3-1-2-4-12(9)16/h1-7H,8H2,(H,18,19). The van der Waals surface area contributed by atoms with Crippen LogP contribution in [0.1, 0.15) is 15.9 Å². The van der Waals surface area contributed by atoms with E-state index in [0.29, 0.717) is 22.2 Å². The summed E-state index contributed by atoms with van der Waals surface area (Å²) in [6, 6.07) is 12.6. The van der Waals surface area contributed by atoms with Crippen LogP contribution in [0.25, 0.3) is 0 Å². The Labute approximate surface area is 135 Å². The van der Waals surface area contributed by atoms with Gasteiger partial charge in [-0.2, -0.15) is 0 Å². The lowest BCUT2D eigenvalue weighted by Gasteiger charge is -2.08. The minimum Gasteiger partial charge on any atom is -0.348 e. The molecule has 0 bridgehead atoms. The molecule has 19 heavy (non-hydrogen) atoms. The fourth-order valence-corrected chi connectivity index (χ4v) is 2.91. The van der Waals surface area contributed by atoms with Crippen LogP contribution in [0.15, 0.2) is 42.5 Å². The first-order valence-electron chi connectivity index (χ1n) is 5.54. The smallest absolute Gasteiger partial charge is 0.252 e. The Morgan fingerprint density at radius 3 is 2.58 bits per heavy atom. The van der Waals surface area contributed by atoms with E-state index in [1.54, 1.807) is 24.3 Å². The highest BCUT2D eigenvalue weighted by molar-refractivity contribution is 14.1. The minimum atomic E-state index is -0.138. The molecule has 2 aromatic rings. The molecule has 1 N–H and O–H groups in total. The van der Waals surface area contributed by atoms with Crippen molar-refractivity contribution in [2.24, 2.45) is 0 Å². The van der Waals surface area contributed by atoms with Gasteiger partial charge in [-0.3, -0.25) is 4.79 Å². The third kappa shape index (κ3) is 3.84. The van der Waals surface area contributed by atoms with Crippen LogP contribution in [0, 0.1) is 3.57 Å². The molecule has 0 saturated heterocycles. The summed E-state index contributed by atoms with van der Waals surface area (Å²) in [7, 11) is 0. The number of halogens is 3. The summed E-state index contributed by atoms with van der Waals surface area (Å²) in [6.07, 6.45) is 0. The number of carbonyl (C=O) groups is 1. The second kappa shape index (κ2) is 6.59.